The highest BCUT2D eigenvalue weighted by Gasteiger charge is 2.17. The summed E-state index contributed by atoms with van der Waals surface area (Å²) < 4.78 is 0.883. The molecule has 3 heteroatoms. The Hall–Kier alpha value is -0.0500. The van der Waals surface area contributed by atoms with Crippen LogP contribution in [0.3, 0.4) is 0 Å². The largest absolute Gasteiger partial charge is 1.00 e. The van der Waals surface area contributed by atoms with E-state index in [1.807, 2.05) is 6.92 Å². The Balaban J connectivity index is -0.000000440. The molecular weight excluding hydrogens is 232 g/mol. The number of quaternary nitrogens is 1. The lowest BCUT2D eigenvalue weighted by atomic mass is 10.1. The van der Waals surface area contributed by atoms with Crippen molar-refractivity contribution in [2.75, 3.05) is 21.1 Å². The number of allylic oxidation sites excluding steroid dienone is 1. The van der Waals surface area contributed by atoms with Crippen molar-refractivity contribution in [1.82, 2.24) is 0 Å². The van der Waals surface area contributed by atoms with Gasteiger partial charge in [-0.25, -0.2) is 0 Å². The molecule has 17 heavy (non-hydrogen) atoms. The fourth-order valence-corrected chi connectivity index (χ4v) is 1.34. The van der Waals surface area contributed by atoms with E-state index in [9.17, 15) is 0 Å². The van der Waals surface area contributed by atoms with E-state index < -0.39 is 0 Å². The molecule has 0 saturated heterocycles. The number of hydrogen-bond acceptors (Lipinski definition) is 1. The number of halogens is 1. The van der Waals surface area contributed by atoms with Gasteiger partial charge in [-0.05, 0) is 13.3 Å². The molecule has 0 aliphatic rings. The first-order valence-electron chi connectivity index (χ1n) is 6.53. The lowest BCUT2D eigenvalue weighted by molar-refractivity contribution is -0.896. The van der Waals surface area contributed by atoms with Crippen molar-refractivity contribution in [3.8, 4) is 0 Å². The Kier molecular flexibility index (Phi) is 18.3. The van der Waals surface area contributed by atoms with Crippen molar-refractivity contribution < 1.29 is 16.9 Å². The maximum absolute atomic E-state index is 6.04. The Bertz CT molecular complexity index is 153. The van der Waals surface area contributed by atoms with Gasteiger partial charge in [0, 0.05) is 6.42 Å². The van der Waals surface area contributed by atoms with E-state index in [0.29, 0.717) is 6.17 Å². The normalized spacial score (nSPS) is 11.9. The van der Waals surface area contributed by atoms with Crippen LogP contribution in [0.4, 0.5) is 0 Å². The molecule has 0 heterocycles. The lowest BCUT2D eigenvalue weighted by Crippen LogP contribution is -3.00. The summed E-state index contributed by atoms with van der Waals surface area (Å²) in [5.41, 5.74) is 6.04. The van der Waals surface area contributed by atoms with Crippen molar-refractivity contribution in [2.45, 2.75) is 58.5 Å². The monoisotopic (exact) mass is 264 g/mol. The van der Waals surface area contributed by atoms with Gasteiger partial charge in [0.2, 0.25) is 0 Å². The zero-order valence-electron chi connectivity index (χ0n) is 12.5. The fourth-order valence-electron chi connectivity index (χ4n) is 1.34. The molecule has 0 amide bonds. The highest BCUT2D eigenvalue weighted by Crippen LogP contribution is 2.09. The van der Waals surface area contributed by atoms with E-state index in [4.69, 9.17) is 5.73 Å². The minimum Gasteiger partial charge on any atom is -1.00 e. The first kappa shape index (κ1) is 22.2. The number of hydrogen-bond donors (Lipinski definition) is 1. The van der Waals surface area contributed by atoms with Crippen LogP contribution in [-0.4, -0.2) is 31.8 Å². The number of rotatable bonds is 7. The molecule has 1 unspecified atom stereocenters. The van der Waals surface area contributed by atoms with Gasteiger partial charge >= 0.3 is 0 Å². The van der Waals surface area contributed by atoms with E-state index in [0.717, 1.165) is 10.9 Å². The molecule has 0 aromatic heterocycles. The van der Waals surface area contributed by atoms with Crippen molar-refractivity contribution in [1.29, 1.82) is 0 Å². The van der Waals surface area contributed by atoms with Crippen LogP contribution in [-0.2, 0) is 0 Å². The maximum Gasteiger partial charge on any atom is 0.139 e. The molecule has 2 N–H and O–H groups in total. The molecule has 0 spiro atoms. The second kappa shape index (κ2) is 14.0. The van der Waals surface area contributed by atoms with Gasteiger partial charge in [0.25, 0.3) is 0 Å². The predicted molar refractivity (Wildman–Crippen MR) is 75.3 cm³/mol. The first-order chi connectivity index (χ1) is 7.40. The minimum absolute atomic E-state index is 0. The zero-order chi connectivity index (χ0) is 13.0. The van der Waals surface area contributed by atoms with Crippen molar-refractivity contribution in [3.63, 3.8) is 0 Å². The Morgan fingerprint density at radius 2 is 1.53 bits per heavy atom. The van der Waals surface area contributed by atoms with Gasteiger partial charge in [0.05, 0.1) is 21.1 Å². The molecule has 0 saturated carbocycles. The lowest BCUT2D eigenvalue weighted by Gasteiger charge is -2.31. The molecule has 0 aliphatic carbocycles. The van der Waals surface area contributed by atoms with Crippen molar-refractivity contribution in [3.05, 3.63) is 12.7 Å². The van der Waals surface area contributed by atoms with Crippen molar-refractivity contribution in [2.24, 2.45) is 5.73 Å². The van der Waals surface area contributed by atoms with E-state index in [2.05, 4.69) is 34.6 Å². The number of unbranched alkanes of at least 4 members (excludes halogenated alkanes) is 4. The van der Waals surface area contributed by atoms with Crippen LogP contribution in [0.15, 0.2) is 12.7 Å². The molecule has 2 nitrogen and oxygen atoms in total. The van der Waals surface area contributed by atoms with Crippen LogP contribution < -0.4 is 18.1 Å². The summed E-state index contributed by atoms with van der Waals surface area (Å²) in [7, 11) is 6.49. The molecule has 0 bridgehead atoms. The van der Waals surface area contributed by atoms with Gasteiger partial charge in [-0.15, -0.1) is 6.58 Å². The van der Waals surface area contributed by atoms with E-state index >= 15 is 0 Å². The van der Waals surface area contributed by atoms with Gasteiger partial charge < -0.3 is 16.9 Å². The van der Waals surface area contributed by atoms with Crippen LogP contribution in [0.2, 0.25) is 0 Å². The third-order valence-corrected chi connectivity index (χ3v) is 2.60. The third kappa shape index (κ3) is 18.5. The Labute approximate surface area is 115 Å². The standard InChI is InChI=1S/C11H27N2.C3H6.ClH/c1-5-6-7-8-9-10-11(12)13(2,3)4;1-3-2;/h11H,5-10,12H2,1-4H3;3H,1H2,2H3;1H/q+1;;/p-1. The molecule has 0 aliphatic heterocycles. The zero-order valence-corrected chi connectivity index (χ0v) is 13.3. The highest BCUT2D eigenvalue weighted by atomic mass is 35.5. The first-order valence-corrected chi connectivity index (χ1v) is 6.53. The molecule has 1 atom stereocenters. The van der Waals surface area contributed by atoms with E-state index in [1.165, 1.54) is 32.1 Å². The van der Waals surface area contributed by atoms with Crippen molar-refractivity contribution >= 4 is 0 Å². The van der Waals surface area contributed by atoms with E-state index in [-0.39, 0.29) is 12.4 Å². The second-order valence-corrected chi connectivity index (χ2v) is 5.29. The molecule has 106 valence electrons. The summed E-state index contributed by atoms with van der Waals surface area (Å²) >= 11 is 0. The molecular formula is C14H33ClN2. The highest BCUT2D eigenvalue weighted by molar-refractivity contribution is 4.51. The average Bonchev–Trinajstić information content (AvgIpc) is 2.17. The van der Waals surface area contributed by atoms with Gasteiger partial charge in [0.15, 0.2) is 0 Å². The van der Waals surface area contributed by atoms with Gasteiger partial charge in [-0.1, -0.05) is 38.7 Å². The molecule has 0 aromatic carbocycles. The van der Waals surface area contributed by atoms with Crippen LogP contribution in [0.25, 0.3) is 0 Å². The quantitative estimate of drug-likeness (QED) is 0.309. The Morgan fingerprint density at radius 3 is 1.88 bits per heavy atom. The fraction of sp³-hybridized carbons (Fsp3) is 0.857. The van der Waals surface area contributed by atoms with Crippen LogP contribution in [0.1, 0.15) is 52.4 Å². The Morgan fingerprint density at radius 1 is 1.12 bits per heavy atom. The summed E-state index contributed by atoms with van der Waals surface area (Å²) in [4.78, 5) is 0. The molecule has 0 fully saturated rings. The summed E-state index contributed by atoms with van der Waals surface area (Å²) in [6, 6.07) is 0. The summed E-state index contributed by atoms with van der Waals surface area (Å²) in [5.74, 6) is 0. The van der Waals surface area contributed by atoms with Gasteiger partial charge in [0.1, 0.15) is 6.17 Å². The minimum atomic E-state index is 0. The third-order valence-electron chi connectivity index (χ3n) is 2.60. The van der Waals surface area contributed by atoms with Gasteiger partial charge in [-0.3, -0.25) is 5.73 Å². The molecule has 0 rings (SSSR count). The van der Waals surface area contributed by atoms with Crippen LogP contribution in [0.5, 0.6) is 0 Å². The smallest absolute Gasteiger partial charge is 0.139 e. The summed E-state index contributed by atoms with van der Waals surface area (Å²) in [5, 5.41) is 0. The summed E-state index contributed by atoms with van der Waals surface area (Å²) in [6.45, 7) is 7.50. The molecule has 0 radical (unpaired) electrons. The average molecular weight is 265 g/mol. The SMILES string of the molecule is C=CC.CCCCCCCC(N)[N+](C)(C)C.[Cl-]. The van der Waals surface area contributed by atoms with Crippen LogP contribution >= 0.6 is 0 Å². The maximum atomic E-state index is 6.04. The second-order valence-electron chi connectivity index (χ2n) is 5.29. The topological polar surface area (TPSA) is 26.0 Å². The number of nitrogens with zero attached hydrogens (tertiary/aromatic N) is 1. The molecule has 0 aromatic rings. The van der Waals surface area contributed by atoms with Gasteiger partial charge in [-0.2, -0.15) is 0 Å². The van der Waals surface area contributed by atoms with E-state index in [1.54, 1.807) is 6.08 Å². The van der Waals surface area contributed by atoms with Crippen LogP contribution in [0, 0.1) is 0 Å². The predicted octanol–water partition coefficient (Wildman–Crippen LogP) is 0.534. The number of nitrogens with two attached hydrogens (primary N) is 1. The summed E-state index contributed by atoms with van der Waals surface area (Å²) in [6.07, 6.45) is 9.92.